The maximum absolute atomic E-state index is 13.0. The van der Waals surface area contributed by atoms with Crippen LogP contribution in [0.5, 0.6) is 0 Å². The minimum absolute atomic E-state index is 0.00241. The number of nitrogens with two attached hydrogens (primary N) is 2. The molecule has 226 valence electrons. The van der Waals surface area contributed by atoms with Crippen LogP contribution in [-0.2, 0) is 9.59 Å². The molecule has 0 aliphatic carbocycles. The lowest BCUT2D eigenvalue weighted by molar-refractivity contribution is -0.133. The molecule has 4 N–H and O–H groups in total. The van der Waals surface area contributed by atoms with E-state index in [0.717, 1.165) is 25.9 Å². The van der Waals surface area contributed by atoms with Crippen molar-refractivity contribution in [3.8, 4) is 0 Å². The molecule has 0 radical (unpaired) electrons. The van der Waals surface area contributed by atoms with Crippen LogP contribution >= 0.6 is 0 Å². The van der Waals surface area contributed by atoms with Gasteiger partial charge in [-0.05, 0) is 19.3 Å². The number of hydrogen-bond donors (Lipinski definition) is 2. The van der Waals surface area contributed by atoms with Crippen molar-refractivity contribution < 1.29 is 9.59 Å². The Hall–Kier alpha value is -1.10. The van der Waals surface area contributed by atoms with E-state index in [-0.39, 0.29) is 18.2 Å². The molecule has 0 aromatic carbocycles. The van der Waals surface area contributed by atoms with Crippen molar-refractivity contribution in [3.05, 3.63) is 0 Å². The van der Waals surface area contributed by atoms with Crippen LogP contribution in [0, 0.1) is 0 Å². The van der Waals surface area contributed by atoms with E-state index in [4.69, 9.17) is 11.5 Å². The van der Waals surface area contributed by atoms with E-state index in [1.807, 2.05) is 4.90 Å². The highest BCUT2D eigenvalue weighted by Gasteiger charge is 2.20. The summed E-state index contributed by atoms with van der Waals surface area (Å²) in [6.07, 6.45) is 32.1. The van der Waals surface area contributed by atoms with Gasteiger partial charge in [0, 0.05) is 19.5 Å². The molecule has 0 aromatic rings. The first-order valence-corrected chi connectivity index (χ1v) is 16.9. The molecule has 0 unspecified atom stereocenters. The smallest absolute Gasteiger partial charge is 0.239 e. The number of carbonyl (C=O) groups is 2. The fraction of sp³-hybridized carbons (Fsp3) is 0.939. The Labute approximate surface area is 237 Å². The lowest BCUT2D eigenvalue weighted by Gasteiger charge is -2.26. The first-order valence-electron chi connectivity index (χ1n) is 16.9. The lowest BCUT2D eigenvalue weighted by atomic mass is 10.0. The predicted octanol–water partition coefficient (Wildman–Crippen LogP) is 8.81. The number of primary amides is 1. The largest absolute Gasteiger partial charge is 0.370 e. The van der Waals surface area contributed by atoms with E-state index < -0.39 is 6.04 Å². The quantitative estimate of drug-likeness (QED) is 0.0897. The third-order valence-corrected chi connectivity index (χ3v) is 7.89. The molecule has 0 saturated heterocycles. The monoisotopic (exact) mass is 538 g/mol. The van der Waals surface area contributed by atoms with Crippen LogP contribution in [0.15, 0.2) is 0 Å². The summed E-state index contributed by atoms with van der Waals surface area (Å²) in [4.78, 5) is 26.1. The molecule has 38 heavy (non-hydrogen) atoms. The SMILES string of the molecule is CCCCCCCCCCCCCCN(CCCCCCCCCCCCCC)C(=O)[C@@H](N)CCC(N)=O. The van der Waals surface area contributed by atoms with Crippen LogP contribution in [0.2, 0.25) is 0 Å². The third-order valence-electron chi connectivity index (χ3n) is 7.89. The molecular formula is C33H67N3O2. The van der Waals surface area contributed by atoms with Crippen molar-refractivity contribution in [3.63, 3.8) is 0 Å². The summed E-state index contributed by atoms with van der Waals surface area (Å²) in [6, 6.07) is -0.614. The molecule has 0 saturated carbocycles. The van der Waals surface area contributed by atoms with E-state index in [1.165, 1.54) is 141 Å². The number of carbonyl (C=O) groups excluding carboxylic acids is 2. The second-order valence-electron chi connectivity index (χ2n) is 11.7. The average Bonchev–Trinajstić information content (AvgIpc) is 2.91. The van der Waals surface area contributed by atoms with E-state index in [0.29, 0.717) is 6.42 Å². The first-order chi connectivity index (χ1) is 18.5. The van der Waals surface area contributed by atoms with Gasteiger partial charge in [0.25, 0.3) is 0 Å². The van der Waals surface area contributed by atoms with E-state index >= 15 is 0 Å². The number of unbranched alkanes of at least 4 members (excludes halogenated alkanes) is 22. The zero-order chi connectivity index (χ0) is 28.1. The molecule has 5 heteroatoms. The molecule has 2 amide bonds. The van der Waals surface area contributed by atoms with Gasteiger partial charge in [-0.25, -0.2) is 0 Å². The van der Waals surface area contributed by atoms with Crippen molar-refractivity contribution in [1.82, 2.24) is 4.90 Å². The van der Waals surface area contributed by atoms with Crippen molar-refractivity contribution in [2.45, 2.75) is 187 Å². The molecular weight excluding hydrogens is 470 g/mol. The molecule has 0 aliphatic rings. The van der Waals surface area contributed by atoms with E-state index in [2.05, 4.69) is 13.8 Å². The normalized spacial score (nSPS) is 12.1. The zero-order valence-electron chi connectivity index (χ0n) is 25.8. The Morgan fingerprint density at radius 1 is 0.526 bits per heavy atom. The summed E-state index contributed by atoms with van der Waals surface area (Å²) in [5.74, 6) is -0.390. The molecule has 5 nitrogen and oxygen atoms in total. The summed E-state index contributed by atoms with van der Waals surface area (Å²) < 4.78 is 0. The van der Waals surface area contributed by atoms with Gasteiger partial charge in [-0.1, -0.05) is 155 Å². The van der Waals surface area contributed by atoms with Gasteiger partial charge in [-0.2, -0.15) is 0 Å². The van der Waals surface area contributed by atoms with Gasteiger partial charge in [-0.3, -0.25) is 9.59 Å². The maximum atomic E-state index is 13.0. The summed E-state index contributed by atoms with van der Waals surface area (Å²) in [5, 5.41) is 0. The molecule has 0 bridgehead atoms. The number of amides is 2. The number of nitrogens with zero attached hydrogens (tertiary/aromatic N) is 1. The van der Waals surface area contributed by atoms with E-state index in [9.17, 15) is 9.59 Å². The summed E-state index contributed by atoms with van der Waals surface area (Å²) in [7, 11) is 0. The minimum atomic E-state index is -0.614. The van der Waals surface area contributed by atoms with Crippen LogP contribution in [0.25, 0.3) is 0 Å². The van der Waals surface area contributed by atoms with Gasteiger partial charge in [-0.15, -0.1) is 0 Å². The Morgan fingerprint density at radius 2 is 0.816 bits per heavy atom. The van der Waals surface area contributed by atoms with Crippen LogP contribution in [0.3, 0.4) is 0 Å². The fourth-order valence-electron chi connectivity index (χ4n) is 5.28. The van der Waals surface area contributed by atoms with Crippen molar-refractivity contribution in [2.75, 3.05) is 13.1 Å². The minimum Gasteiger partial charge on any atom is -0.370 e. The molecule has 0 spiro atoms. The molecule has 1 atom stereocenters. The first kappa shape index (κ1) is 36.9. The van der Waals surface area contributed by atoms with Gasteiger partial charge in [0.15, 0.2) is 0 Å². The lowest BCUT2D eigenvalue weighted by Crippen LogP contribution is -2.45. The maximum Gasteiger partial charge on any atom is 0.239 e. The van der Waals surface area contributed by atoms with Gasteiger partial charge >= 0.3 is 0 Å². The van der Waals surface area contributed by atoms with Gasteiger partial charge < -0.3 is 16.4 Å². The van der Waals surface area contributed by atoms with E-state index in [1.54, 1.807) is 0 Å². The number of rotatable bonds is 30. The predicted molar refractivity (Wildman–Crippen MR) is 165 cm³/mol. The van der Waals surface area contributed by atoms with Crippen LogP contribution in [-0.4, -0.2) is 35.8 Å². The van der Waals surface area contributed by atoms with Crippen molar-refractivity contribution in [1.29, 1.82) is 0 Å². The van der Waals surface area contributed by atoms with Crippen molar-refractivity contribution >= 4 is 11.8 Å². The van der Waals surface area contributed by atoms with Crippen LogP contribution in [0.1, 0.15) is 181 Å². The molecule has 0 heterocycles. The molecule has 0 aromatic heterocycles. The third kappa shape index (κ3) is 25.2. The zero-order valence-corrected chi connectivity index (χ0v) is 25.8. The Kier molecular flexibility index (Phi) is 28.1. The molecule has 0 rings (SSSR count). The average molecular weight is 538 g/mol. The number of hydrogen-bond acceptors (Lipinski definition) is 3. The summed E-state index contributed by atoms with van der Waals surface area (Å²) in [5.41, 5.74) is 11.4. The highest BCUT2D eigenvalue weighted by atomic mass is 16.2. The van der Waals surface area contributed by atoms with Crippen LogP contribution < -0.4 is 11.5 Å². The second kappa shape index (κ2) is 28.9. The summed E-state index contributed by atoms with van der Waals surface area (Å²) in [6.45, 7) is 6.12. The van der Waals surface area contributed by atoms with Crippen molar-refractivity contribution in [2.24, 2.45) is 11.5 Å². The van der Waals surface area contributed by atoms with Crippen LogP contribution in [0.4, 0.5) is 0 Å². The molecule has 0 aliphatic heterocycles. The Morgan fingerprint density at radius 3 is 1.11 bits per heavy atom. The highest BCUT2D eigenvalue weighted by molar-refractivity contribution is 5.82. The van der Waals surface area contributed by atoms with Gasteiger partial charge in [0.1, 0.15) is 0 Å². The standard InChI is InChI=1S/C33H67N3O2/c1-3-5-7-9-11-13-15-17-19-21-23-25-29-36(33(38)31(34)27-28-32(35)37)30-26-24-22-20-18-16-14-12-10-8-6-4-2/h31H,3-30,34H2,1-2H3,(H2,35,37)/t31-/m0/s1. The highest BCUT2D eigenvalue weighted by Crippen LogP contribution is 2.14. The summed E-state index contributed by atoms with van der Waals surface area (Å²) >= 11 is 0. The fourth-order valence-corrected chi connectivity index (χ4v) is 5.28. The topological polar surface area (TPSA) is 89.4 Å². The molecule has 0 fully saturated rings. The second-order valence-corrected chi connectivity index (χ2v) is 11.7. The van der Waals surface area contributed by atoms with Gasteiger partial charge in [0.05, 0.1) is 6.04 Å². The Balaban J connectivity index is 4.06. The Bertz CT molecular complexity index is 498. The van der Waals surface area contributed by atoms with Gasteiger partial charge in [0.2, 0.25) is 11.8 Å².